The number of nitrogens with two attached hydrogens (primary N) is 1. The fourth-order valence-electron chi connectivity index (χ4n) is 2.42. The lowest BCUT2D eigenvalue weighted by molar-refractivity contribution is -0.118. The first-order valence-electron chi connectivity index (χ1n) is 9.94. The van der Waals surface area contributed by atoms with Crippen LogP contribution in [0.25, 0.3) is 10.9 Å². The topological polar surface area (TPSA) is 99.4 Å². The number of carbonyl (C=O) groups is 1. The number of halogens is 2. The van der Waals surface area contributed by atoms with Crippen LogP contribution in [0.3, 0.4) is 0 Å². The average Bonchev–Trinajstić information content (AvgIpc) is 2.78. The SMILES string of the molecule is CC.CC.COc1cc2c(Nc3ccc(Br)cc3F)ncnc2cc1OCCC(N)=O. The molecule has 9 heteroatoms. The molecule has 1 heterocycles. The highest BCUT2D eigenvalue weighted by molar-refractivity contribution is 9.10. The average molecular weight is 495 g/mol. The maximum Gasteiger partial charge on any atom is 0.220 e. The number of nitrogens with one attached hydrogen (secondary N) is 1. The molecule has 0 saturated heterocycles. The van der Waals surface area contributed by atoms with E-state index in [9.17, 15) is 9.18 Å². The summed E-state index contributed by atoms with van der Waals surface area (Å²) in [6, 6.07) is 8.04. The summed E-state index contributed by atoms with van der Waals surface area (Å²) < 4.78 is 25.7. The molecule has 0 saturated carbocycles. The molecule has 3 aromatic rings. The van der Waals surface area contributed by atoms with Crippen LogP contribution in [0.4, 0.5) is 15.9 Å². The molecule has 0 fully saturated rings. The Kier molecular flexibility index (Phi) is 11.3. The molecular formula is C22H28BrFN4O3. The Labute approximate surface area is 190 Å². The number of amides is 1. The number of methoxy groups -OCH3 is 1. The highest BCUT2D eigenvalue weighted by Gasteiger charge is 2.13. The molecule has 0 aliphatic carbocycles. The second kappa shape index (κ2) is 13.4. The van der Waals surface area contributed by atoms with Crippen molar-refractivity contribution in [2.24, 2.45) is 5.73 Å². The predicted octanol–water partition coefficient (Wildman–Crippen LogP) is 5.59. The van der Waals surface area contributed by atoms with E-state index in [0.717, 1.165) is 0 Å². The van der Waals surface area contributed by atoms with E-state index in [1.807, 2.05) is 27.7 Å². The summed E-state index contributed by atoms with van der Waals surface area (Å²) in [5, 5.41) is 3.59. The van der Waals surface area contributed by atoms with E-state index in [0.29, 0.717) is 32.7 Å². The minimum absolute atomic E-state index is 0.0839. The summed E-state index contributed by atoms with van der Waals surface area (Å²) in [5.74, 6) is 0.393. The van der Waals surface area contributed by atoms with Crippen molar-refractivity contribution in [1.29, 1.82) is 0 Å². The molecule has 0 radical (unpaired) electrons. The Balaban J connectivity index is 0.00000113. The van der Waals surface area contributed by atoms with Gasteiger partial charge in [-0.25, -0.2) is 14.4 Å². The summed E-state index contributed by atoms with van der Waals surface area (Å²) in [7, 11) is 1.49. The zero-order chi connectivity index (χ0) is 23.4. The van der Waals surface area contributed by atoms with Gasteiger partial charge in [0.1, 0.15) is 18.0 Å². The van der Waals surface area contributed by atoms with Crippen LogP contribution in [0.1, 0.15) is 34.1 Å². The van der Waals surface area contributed by atoms with Gasteiger partial charge in [-0.15, -0.1) is 0 Å². The molecule has 1 amide bonds. The molecule has 0 spiro atoms. The van der Waals surface area contributed by atoms with E-state index >= 15 is 0 Å². The number of nitrogens with zero attached hydrogens (tertiary/aromatic N) is 2. The number of primary amides is 1. The Morgan fingerprint density at radius 3 is 2.45 bits per heavy atom. The third-order valence-corrected chi connectivity index (χ3v) is 4.20. The van der Waals surface area contributed by atoms with Gasteiger partial charge >= 0.3 is 0 Å². The van der Waals surface area contributed by atoms with E-state index in [2.05, 4.69) is 31.2 Å². The second-order valence-corrected chi connectivity index (χ2v) is 6.47. The molecule has 0 aliphatic heterocycles. The fraction of sp³-hybridized carbons (Fsp3) is 0.318. The fourth-order valence-corrected chi connectivity index (χ4v) is 2.75. The third-order valence-electron chi connectivity index (χ3n) is 3.71. The van der Waals surface area contributed by atoms with Gasteiger partial charge in [-0.3, -0.25) is 4.79 Å². The smallest absolute Gasteiger partial charge is 0.220 e. The molecule has 1 aromatic heterocycles. The highest BCUT2D eigenvalue weighted by Crippen LogP contribution is 2.35. The first-order valence-corrected chi connectivity index (χ1v) is 10.7. The molecule has 0 unspecified atom stereocenters. The largest absolute Gasteiger partial charge is 0.493 e. The van der Waals surface area contributed by atoms with Crippen molar-refractivity contribution in [2.75, 3.05) is 19.0 Å². The van der Waals surface area contributed by atoms with Gasteiger partial charge < -0.3 is 20.5 Å². The number of anilines is 2. The molecular weight excluding hydrogens is 467 g/mol. The van der Waals surface area contributed by atoms with Crippen molar-refractivity contribution in [3.63, 3.8) is 0 Å². The van der Waals surface area contributed by atoms with Crippen molar-refractivity contribution >= 4 is 44.2 Å². The number of hydrogen-bond donors (Lipinski definition) is 2. The molecule has 3 rings (SSSR count). The van der Waals surface area contributed by atoms with Gasteiger partial charge in [0.25, 0.3) is 0 Å². The van der Waals surface area contributed by atoms with E-state index < -0.39 is 11.7 Å². The number of hydrogen-bond acceptors (Lipinski definition) is 6. The number of rotatable bonds is 7. The third kappa shape index (κ3) is 7.36. The minimum Gasteiger partial charge on any atom is -0.493 e. The van der Waals surface area contributed by atoms with Gasteiger partial charge in [0.15, 0.2) is 11.5 Å². The van der Waals surface area contributed by atoms with Crippen LogP contribution in [0.15, 0.2) is 41.1 Å². The highest BCUT2D eigenvalue weighted by atomic mass is 79.9. The van der Waals surface area contributed by atoms with Crippen molar-refractivity contribution in [3.05, 3.63) is 46.9 Å². The number of benzene rings is 2. The Hall–Kier alpha value is -2.94. The molecule has 0 bridgehead atoms. The Morgan fingerprint density at radius 1 is 1.13 bits per heavy atom. The normalized spacial score (nSPS) is 9.65. The number of fused-ring (bicyclic) bond motifs is 1. The van der Waals surface area contributed by atoms with Gasteiger partial charge in [0.2, 0.25) is 5.91 Å². The molecule has 2 aromatic carbocycles. The van der Waals surface area contributed by atoms with Crippen molar-refractivity contribution in [2.45, 2.75) is 34.1 Å². The van der Waals surface area contributed by atoms with Crippen LogP contribution in [0.5, 0.6) is 11.5 Å². The Morgan fingerprint density at radius 2 is 1.84 bits per heavy atom. The van der Waals surface area contributed by atoms with Crippen molar-refractivity contribution in [3.8, 4) is 11.5 Å². The van der Waals surface area contributed by atoms with Gasteiger partial charge in [0, 0.05) is 15.9 Å². The quantitative estimate of drug-likeness (QED) is 0.443. The van der Waals surface area contributed by atoms with Gasteiger partial charge in [-0.05, 0) is 24.3 Å². The lowest BCUT2D eigenvalue weighted by Gasteiger charge is -2.14. The first-order chi connectivity index (χ1) is 15.0. The van der Waals surface area contributed by atoms with Crippen LogP contribution >= 0.6 is 15.9 Å². The maximum atomic E-state index is 14.1. The van der Waals surface area contributed by atoms with Crippen molar-refractivity contribution < 1.29 is 18.7 Å². The van der Waals surface area contributed by atoms with Gasteiger partial charge in [-0.2, -0.15) is 0 Å². The molecule has 0 aliphatic rings. The van der Waals surface area contributed by atoms with E-state index in [1.165, 1.54) is 19.5 Å². The summed E-state index contributed by atoms with van der Waals surface area (Å²) in [6.07, 6.45) is 1.45. The predicted molar refractivity (Wildman–Crippen MR) is 125 cm³/mol. The molecule has 168 valence electrons. The second-order valence-electron chi connectivity index (χ2n) is 5.56. The summed E-state index contributed by atoms with van der Waals surface area (Å²) in [4.78, 5) is 19.3. The van der Waals surface area contributed by atoms with E-state index in [-0.39, 0.29) is 18.7 Å². The van der Waals surface area contributed by atoms with Crippen LogP contribution in [0, 0.1) is 5.82 Å². The van der Waals surface area contributed by atoms with E-state index in [1.54, 1.807) is 24.3 Å². The molecule has 0 atom stereocenters. The molecule has 7 nitrogen and oxygen atoms in total. The number of aromatic nitrogens is 2. The summed E-state index contributed by atoms with van der Waals surface area (Å²) in [5.41, 5.74) is 5.97. The van der Waals surface area contributed by atoms with Crippen molar-refractivity contribution in [1.82, 2.24) is 9.97 Å². The number of ether oxygens (including phenoxy) is 2. The summed E-state index contributed by atoms with van der Waals surface area (Å²) >= 11 is 3.23. The van der Waals surface area contributed by atoms with Crippen LogP contribution in [-0.4, -0.2) is 29.6 Å². The lowest BCUT2D eigenvalue weighted by Crippen LogP contribution is -2.14. The van der Waals surface area contributed by atoms with Crippen LogP contribution in [-0.2, 0) is 4.79 Å². The minimum atomic E-state index is -0.458. The number of carbonyl (C=O) groups excluding carboxylic acids is 1. The van der Waals surface area contributed by atoms with Crippen LogP contribution in [0.2, 0.25) is 0 Å². The van der Waals surface area contributed by atoms with E-state index in [4.69, 9.17) is 15.2 Å². The molecule has 31 heavy (non-hydrogen) atoms. The van der Waals surface area contributed by atoms with Crippen LogP contribution < -0.4 is 20.5 Å². The summed E-state index contributed by atoms with van der Waals surface area (Å²) in [6.45, 7) is 8.12. The monoisotopic (exact) mass is 494 g/mol. The van der Waals surface area contributed by atoms with Gasteiger partial charge in [-0.1, -0.05) is 43.6 Å². The zero-order valence-electron chi connectivity index (χ0n) is 18.3. The van der Waals surface area contributed by atoms with Gasteiger partial charge in [0.05, 0.1) is 31.3 Å². The first kappa shape index (κ1) is 26.1. The maximum absolute atomic E-state index is 14.1. The zero-order valence-corrected chi connectivity index (χ0v) is 19.9. The standard InChI is InChI=1S/C18H16BrFN4O3.2C2H6/c1-26-15-7-11-14(8-16(15)27-5-4-17(21)25)22-9-23-18(11)24-13-3-2-10(19)6-12(13)20;2*1-2/h2-3,6-9H,4-5H2,1H3,(H2,21,25)(H,22,23,24);2*1-2H3. The molecule has 3 N–H and O–H groups in total. The lowest BCUT2D eigenvalue weighted by atomic mass is 10.2. The Bertz CT molecular complexity index is 1000.